The van der Waals surface area contributed by atoms with Gasteiger partial charge in [0.15, 0.2) is 11.5 Å². The Bertz CT molecular complexity index is 1140. The maximum atomic E-state index is 12.9. The van der Waals surface area contributed by atoms with Crippen molar-refractivity contribution in [3.8, 4) is 17.2 Å². The van der Waals surface area contributed by atoms with Gasteiger partial charge in [-0.15, -0.1) is 0 Å². The molecule has 0 aromatic heterocycles. The van der Waals surface area contributed by atoms with Gasteiger partial charge in [0.05, 0.1) is 26.9 Å². The van der Waals surface area contributed by atoms with E-state index >= 15 is 0 Å². The molecule has 0 amide bonds. The summed E-state index contributed by atoms with van der Waals surface area (Å²) in [7, 11) is 1.39. The zero-order chi connectivity index (χ0) is 22.6. The normalized spacial score (nSPS) is 11.5. The summed E-state index contributed by atoms with van der Waals surface area (Å²) in [6, 6.07) is 14.6. The zero-order valence-corrected chi connectivity index (χ0v) is 18.0. The molecular weight excluding hydrogens is 528 g/mol. The number of para-hydroxylation sites is 1. The van der Waals surface area contributed by atoms with Crippen LogP contribution in [-0.2, 0) is 6.18 Å². The van der Waals surface area contributed by atoms with E-state index in [0.717, 1.165) is 17.8 Å². The Morgan fingerprint density at radius 3 is 2.39 bits per heavy atom. The minimum Gasteiger partial charge on any atom is -0.493 e. The summed E-state index contributed by atoms with van der Waals surface area (Å²) < 4.78 is 50.2. The molecule has 3 aromatic rings. The highest BCUT2D eigenvalue weighted by atomic mass is 127. The van der Waals surface area contributed by atoms with Crippen LogP contribution >= 0.6 is 22.6 Å². The monoisotopic (exact) mass is 542 g/mol. The van der Waals surface area contributed by atoms with Crippen molar-refractivity contribution in [2.24, 2.45) is 4.99 Å². The molecule has 10 heteroatoms. The first-order valence-electron chi connectivity index (χ1n) is 8.69. The molecule has 0 aliphatic heterocycles. The van der Waals surface area contributed by atoms with Gasteiger partial charge in [-0.25, -0.2) is 0 Å². The third-order valence-electron chi connectivity index (χ3n) is 4.07. The Balaban J connectivity index is 1.97. The van der Waals surface area contributed by atoms with Crippen LogP contribution in [0.5, 0.6) is 17.2 Å². The predicted molar refractivity (Wildman–Crippen MR) is 118 cm³/mol. The third kappa shape index (κ3) is 5.51. The number of ether oxygens (including phenoxy) is 2. The summed E-state index contributed by atoms with van der Waals surface area (Å²) in [4.78, 5) is 14.7. The molecule has 6 nitrogen and oxygen atoms in total. The molecule has 0 fully saturated rings. The Morgan fingerprint density at radius 2 is 1.77 bits per heavy atom. The van der Waals surface area contributed by atoms with Gasteiger partial charge in [0, 0.05) is 12.3 Å². The molecule has 0 unspecified atom stereocenters. The van der Waals surface area contributed by atoms with Crippen molar-refractivity contribution in [3.05, 3.63) is 85.5 Å². The summed E-state index contributed by atoms with van der Waals surface area (Å²) in [5.74, 6) is 0.0540. The first-order valence-corrected chi connectivity index (χ1v) is 9.77. The molecule has 0 aliphatic rings. The molecule has 0 heterocycles. The van der Waals surface area contributed by atoms with Crippen LogP contribution < -0.4 is 9.47 Å². The van der Waals surface area contributed by atoms with Crippen molar-refractivity contribution in [2.75, 3.05) is 7.11 Å². The molecule has 0 saturated carbocycles. The van der Waals surface area contributed by atoms with Crippen molar-refractivity contribution >= 4 is 40.2 Å². The highest BCUT2D eigenvalue weighted by Crippen LogP contribution is 2.42. The number of halogens is 4. The van der Waals surface area contributed by atoms with Crippen molar-refractivity contribution in [3.63, 3.8) is 0 Å². The Kier molecular flexibility index (Phi) is 6.78. The highest BCUT2D eigenvalue weighted by Gasteiger charge is 2.33. The molecule has 3 aromatic carbocycles. The maximum Gasteiger partial charge on any atom is 0.416 e. The van der Waals surface area contributed by atoms with Crippen LogP contribution in [0.4, 0.5) is 24.5 Å². The fourth-order valence-electron chi connectivity index (χ4n) is 2.61. The second-order valence-corrected chi connectivity index (χ2v) is 7.33. The summed E-state index contributed by atoms with van der Waals surface area (Å²) in [5.41, 5.74) is -0.514. The molecule has 31 heavy (non-hydrogen) atoms. The lowest BCUT2D eigenvalue weighted by Crippen LogP contribution is -2.06. The van der Waals surface area contributed by atoms with Gasteiger partial charge in [0.1, 0.15) is 0 Å². The van der Waals surface area contributed by atoms with Gasteiger partial charge < -0.3 is 9.47 Å². The van der Waals surface area contributed by atoms with Gasteiger partial charge in [-0.2, -0.15) is 13.2 Å². The van der Waals surface area contributed by atoms with Crippen molar-refractivity contribution in [2.45, 2.75) is 6.18 Å². The van der Waals surface area contributed by atoms with E-state index in [1.54, 1.807) is 18.3 Å². The minimum absolute atomic E-state index is 0.141. The minimum atomic E-state index is -4.71. The lowest BCUT2D eigenvalue weighted by atomic mass is 10.1. The van der Waals surface area contributed by atoms with Crippen molar-refractivity contribution in [1.29, 1.82) is 0 Å². The smallest absolute Gasteiger partial charge is 0.416 e. The van der Waals surface area contributed by atoms with E-state index in [4.69, 9.17) is 9.47 Å². The summed E-state index contributed by atoms with van der Waals surface area (Å²) >= 11 is 1.95. The number of methoxy groups -OCH3 is 1. The van der Waals surface area contributed by atoms with Gasteiger partial charge in [0.2, 0.25) is 5.75 Å². The first kappa shape index (κ1) is 22.5. The lowest BCUT2D eigenvalue weighted by Gasteiger charge is -2.14. The van der Waals surface area contributed by atoms with E-state index in [2.05, 4.69) is 4.99 Å². The van der Waals surface area contributed by atoms with Crippen molar-refractivity contribution in [1.82, 2.24) is 0 Å². The fourth-order valence-corrected chi connectivity index (χ4v) is 3.34. The van der Waals surface area contributed by atoms with Crippen LogP contribution in [-0.4, -0.2) is 18.2 Å². The standard InChI is InChI=1S/C21H14F3IN2O4/c1-30-19-10-13(12-26-15-5-3-2-4-6-15)9-16(25)20(19)31-18-8-7-14(21(22,23)24)11-17(18)27(28)29/h2-12H,1H3. The topological polar surface area (TPSA) is 74.0 Å². The molecule has 3 rings (SSSR count). The lowest BCUT2D eigenvalue weighted by molar-refractivity contribution is -0.385. The SMILES string of the molecule is COc1cc(C=Nc2ccccc2)cc(I)c1Oc1ccc(C(F)(F)F)cc1[N+](=O)[O-]. The molecule has 0 aliphatic carbocycles. The van der Waals surface area contributed by atoms with Gasteiger partial charge in [0.25, 0.3) is 0 Å². The Labute approximate surface area is 188 Å². The van der Waals surface area contributed by atoms with E-state index in [0.29, 0.717) is 15.2 Å². The van der Waals surface area contributed by atoms with Crippen LogP contribution in [0.2, 0.25) is 0 Å². The summed E-state index contributed by atoms with van der Waals surface area (Å²) in [5, 5.41) is 11.3. The first-order chi connectivity index (χ1) is 14.7. The van der Waals surface area contributed by atoms with E-state index in [1.165, 1.54) is 7.11 Å². The number of aliphatic imine (C=N–C) groups is 1. The van der Waals surface area contributed by atoms with Crippen molar-refractivity contribution < 1.29 is 27.6 Å². The number of rotatable bonds is 6. The number of hydrogen-bond acceptors (Lipinski definition) is 5. The van der Waals surface area contributed by atoms with E-state index in [9.17, 15) is 23.3 Å². The highest BCUT2D eigenvalue weighted by molar-refractivity contribution is 14.1. The van der Waals surface area contributed by atoms with Gasteiger partial charge >= 0.3 is 11.9 Å². The molecule has 0 radical (unpaired) electrons. The number of alkyl halides is 3. The largest absolute Gasteiger partial charge is 0.493 e. The summed E-state index contributed by atoms with van der Waals surface area (Å²) in [6.07, 6.45) is -3.10. The number of nitro benzene ring substituents is 1. The average Bonchev–Trinajstić information content (AvgIpc) is 2.73. The van der Waals surface area contributed by atoms with Gasteiger partial charge in [-0.1, -0.05) is 18.2 Å². The van der Waals surface area contributed by atoms with Crippen LogP contribution in [0.25, 0.3) is 0 Å². The van der Waals surface area contributed by atoms with Gasteiger partial charge in [-0.05, 0) is 64.6 Å². The van der Waals surface area contributed by atoms with Gasteiger partial charge in [-0.3, -0.25) is 15.1 Å². The molecule has 0 bridgehead atoms. The fraction of sp³-hybridized carbons (Fsp3) is 0.0952. The molecule has 0 spiro atoms. The van der Waals surface area contributed by atoms with E-state index < -0.39 is 22.4 Å². The molecule has 160 valence electrons. The third-order valence-corrected chi connectivity index (χ3v) is 4.87. The molecule has 0 saturated heterocycles. The number of nitro groups is 1. The van der Waals surface area contributed by atoms with E-state index in [-0.39, 0.29) is 17.2 Å². The van der Waals surface area contributed by atoms with E-state index in [1.807, 2.05) is 52.9 Å². The number of benzene rings is 3. The maximum absolute atomic E-state index is 12.9. The second-order valence-electron chi connectivity index (χ2n) is 6.17. The predicted octanol–water partition coefficient (Wildman–Crippen LogP) is 6.77. The Hall–Kier alpha value is -3.15. The van der Waals surface area contributed by atoms with Crippen LogP contribution in [0, 0.1) is 13.7 Å². The molecule has 0 N–H and O–H groups in total. The second kappa shape index (κ2) is 9.33. The number of nitrogens with zero attached hydrogens (tertiary/aromatic N) is 2. The van der Waals surface area contributed by atoms with Crippen LogP contribution in [0.3, 0.4) is 0 Å². The summed E-state index contributed by atoms with van der Waals surface area (Å²) in [6.45, 7) is 0. The Morgan fingerprint density at radius 1 is 1.06 bits per heavy atom. The zero-order valence-electron chi connectivity index (χ0n) is 15.9. The molecular formula is C21H14F3IN2O4. The average molecular weight is 542 g/mol. The quantitative estimate of drug-likeness (QED) is 0.149. The van der Waals surface area contributed by atoms with Crippen LogP contribution in [0.15, 0.2) is 65.7 Å². The van der Waals surface area contributed by atoms with Crippen LogP contribution in [0.1, 0.15) is 11.1 Å². The molecule has 0 atom stereocenters. The number of hydrogen-bond donors (Lipinski definition) is 0.